The van der Waals surface area contributed by atoms with E-state index in [0.717, 1.165) is 22.2 Å². The molecule has 8 heteroatoms. The lowest BCUT2D eigenvalue weighted by atomic mass is 9.87. The van der Waals surface area contributed by atoms with Gasteiger partial charge in [-0.2, -0.15) is 0 Å². The Labute approximate surface area is 207 Å². The Morgan fingerprint density at radius 2 is 1.72 bits per heavy atom. The summed E-state index contributed by atoms with van der Waals surface area (Å²) in [4.78, 5) is 46.2. The van der Waals surface area contributed by atoms with Crippen molar-refractivity contribution in [3.05, 3.63) is 89.6 Å². The zero-order valence-electron chi connectivity index (χ0n) is 19.9. The van der Waals surface area contributed by atoms with Gasteiger partial charge in [0.1, 0.15) is 5.75 Å². The number of carbonyl (C=O) groups excluding carboxylic acids is 3. The number of rotatable bonds is 4. The molecular formula is C28H24N4O4. The highest BCUT2D eigenvalue weighted by Gasteiger charge is 2.59. The van der Waals surface area contributed by atoms with Gasteiger partial charge >= 0.3 is 6.03 Å². The van der Waals surface area contributed by atoms with E-state index in [-0.39, 0.29) is 17.8 Å². The third-order valence-corrected chi connectivity index (χ3v) is 7.20. The van der Waals surface area contributed by atoms with Gasteiger partial charge in [0.2, 0.25) is 0 Å². The Bertz CT molecular complexity index is 1520. The van der Waals surface area contributed by atoms with Crippen molar-refractivity contribution in [2.24, 2.45) is 0 Å². The average molecular weight is 481 g/mol. The summed E-state index contributed by atoms with van der Waals surface area (Å²) in [7, 11) is 1.58. The van der Waals surface area contributed by atoms with Crippen molar-refractivity contribution in [3.8, 4) is 5.75 Å². The maximum Gasteiger partial charge on any atom is 0.332 e. The molecular weight excluding hydrogens is 456 g/mol. The van der Waals surface area contributed by atoms with Gasteiger partial charge in [0.15, 0.2) is 5.54 Å². The Hall–Kier alpha value is -4.59. The number of nitrogens with zero attached hydrogens (tertiary/aromatic N) is 2. The SMILES string of the molecule is COc1ccc(NC(=O)c2ccc(N3C(=O)N4CCc5c([nH]c6ccccc56)[C@@]4(C)C3=O)cc2)cc1. The number of ether oxygens (including phenoxy) is 1. The van der Waals surface area contributed by atoms with E-state index in [4.69, 9.17) is 4.74 Å². The molecule has 3 heterocycles. The zero-order valence-corrected chi connectivity index (χ0v) is 19.9. The molecule has 1 aromatic heterocycles. The van der Waals surface area contributed by atoms with Crippen molar-refractivity contribution < 1.29 is 19.1 Å². The Balaban J connectivity index is 1.28. The first-order valence-electron chi connectivity index (χ1n) is 11.7. The molecule has 1 atom stereocenters. The molecule has 3 aromatic carbocycles. The molecule has 6 rings (SSSR count). The molecule has 4 aromatic rings. The molecule has 36 heavy (non-hydrogen) atoms. The quantitative estimate of drug-likeness (QED) is 0.415. The summed E-state index contributed by atoms with van der Waals surface area (Å²) >= 11 is 0. The fraction of sp³-hybridized carbons (Fsp3) is 0.179. The topological polar surface area (TPSA) is 94.7 Å². The fourth-order valence-electron chi connectivity index (χ4n) is 5.26. The van der Waals surface area contributed by atoms with E-state index in [1.54, 1.807) is 67.5 Å². The number of fused-ring (bicyclic) bond motifs is 5. The van der Waals surface area contributed by atoms with Crippen LogP contribution in [0.15, 0.2) is 72.8 Å². The smallest absolute Gasteiger partial charge is 0.332 e. The largest absolute Gasteiger partial charge is 0.497 e. The van der Waals surface area contributed by atoms with Crippen LogP contribution >= 0.6 is 0 Å². The molecule has 4 amide bonds. The van der Waals surface area contributed by atoms with Crippen LogP contribution in [0.25, 0.3) is 10.9 Å². The van der Waals surface area contributed by atoms with Crippen LogP contribution < -0.4 is 15.0 Å². The number of aromatic nitrogens is 1. The first kappa shape index (κ1) is 21.9. The maximum atomic E-state index is 13.8. The van der Waals surface area contributed by atoms with Crippen LogP contribution in [0.2, 0.25) is 0 Å². The molecule has 180 valence electrons. The number of urea groups is 1. The number of carbonyl (C=O) groups is 3. The molecule has 2 aliphatic rings. The number of nitrogens with one attached hydrogen (secondary N) is 2. The van der Waals surface area contributed by atoms with Gasteiger partial charge in [-0.25, -0.2) is 9.69 Å². The number of methoxy groups -OCH3 is 1. The van der Waals surface area contributed by atoms with Crippen molar-refractivity contribution in [3.63, 3.8) is 0 Å². The predicted molar refractivity (Wildman–Crippen MR) is 136 cm³/mol. The Kier molecular flexibility index (Phi) is 4.86. The van der Waals surface area contributed by atoms with Gasteiger partial charge in [0.25, 0.3) is 11.8 Å². The normalized spacial score (nSPS) is 18.8. The lowest BCUT2D eigenvalue weighted by Crippen LogP contribution is -2.49. The monoisotopic (exact) mass is 480 g/mol. The average Bonchev–Trinajstić information content (AvgIpc) is 3.38. The molecule has 1 saturated heterocycles. The molecule has 0 radical (unpaired) electrons. The third-order valence-electron chi connectivity index (χ3n) is 7.20. The molecule has 0 saturated carbocycles. The third kappa shape index (κ3) is 3.11. The van der Waals surface area contributed by atoms with E-state index in [2.05, 4.69) is 10.3 Å². The molecule has 0 aliphatic carbocycles. The summed E-state index contributed by atoms with van der Waals surface area (Å²) in [5.74, 6) is 0.0928. The fourth-order valence-corrected chi connectivity index (χ4v) is 5.26. The lowest BCUT2D eigenvalue weighted by molar-refractivity contribution is -0.125. The van der Waals surface area contributed by atoms with Gasteiger partial charge in [-0.05, 0) is 73.5 Å². The number of para-hydroxylation sites is 1. The van der Waals surface area contributed by atoms with Gasteiger partial charge in [0, 0.05) is 28.7 Å². The minimum Gasteiger partial charge on any atom is -0.497 e. The van der Waals surface area contributed by atoms with Gasteiger partial charge in [0.05, 0.1) is 18.5 Å². The molecule has 0 unspecified atom stereocenters. The minimum absolute atomic E-state index is 0.294. The Morgan fingerprint density at radius 1 is 1.00 bits per heavy atom. The van der Waals surface area contributed by atoms with Gasteiger partial charge in [-0.1, -0.05) is 18.2 Å². The van der Waals surface area contributed by atoms with E-state index in [9.17, 15) is 14.4 Å². The summed E-state index contributed by atoms with van der Waals surface area (Å²) in [6.07, 6.45) is 0.673. The number of benzene rings is 3. The highest BCUT2D eigenvalue weighted by Crippen LogP contribution is 2.45. The van der Waals surface area contributed by atoms with E-state index in [0.29, 0.717) is 35.7 Å². The molecule has 8 nitrogen and oxygen atoms in total. The highest BCUT2D eigenvalue weighted by molar-refractivity contribution is 6.23. The minimum atomic E-state index is -1.12. The van der Waals surface area contributed by atoms with Crippen molar-refractivity contribution in [1.29, 1.82) is 0 Å². The number of anilines is 2. The molecule has 2 N–H and O–H groups in total. The first-order valence-corrected chi connectivity index (χ1v) is 11.7. The first-order chi connectivity index (χ1) is 17.4. The van der Waals surface area contributed by atoms with Gasteiger partial charge in [-0.15, -0.1) is 0 Å². The summed E-state index contributed by atoms with van der Waals surface area (Å²) in [6.45, 7) is 2.26. The molecule has 0 bridgehead atoms. The second-order valence-corrected chi connectivity index (χ2v) is 9.15. The van der Waals surface area contributed by atoms with Crippen LogP contribution in [-0.2, 0) is 16.8 Å². The van der Waals surface area contributed by atoms with Gasteiger partial charge < -0.3 is 19.9 Å². The van der Waals surface area contributed by atoms with E-state index >= 15 is 0 Å². The highest BCUT2D eigenvalue weighted by atomic mass is 16.5. The maximum absolute atomic E-state index is 13.8. The lowest BCUT2D eigenvalue weighted by Gasteiger charge is -2.35. The summed E-state index contributed by atoms with van der Waals surface area (Å²) in [6, 6.07) is 21.1. The van der Waals surface area contributed by atoms with Crippen LogP contribution in [0, 0.1) is 0 Å². The molecule has 0 spiro atoms. The van der Waals surface area contributed by atoms with E-state index in [1.807, 2.05) is 24.3 Å². The number of amides is 4. The second-order valence-electron chi connectivity index (χ2n) is 9.15. The Morgan fingerprint density at radius 3 is 2.44 bits per heavy atom. The zero-order chi connectivity index (χ0) is 25.0. The van der Waals surface area contributed by atoms with E-state index < -0.39 is 5.54 Å². The van der Waals surface area contributed by atoms with Gasteiger partial charge in [-0.3, -0.25) is 9.59 Å². The number of H-pyrrole nitrogens is 1. The summed E-state index contributed by atoms with van der Waals surface area (Å²) in [5, 5.41) is 3.91. The molecule has 2 aliphatic heterocycles. The second kappa shape index (κ2) is 7.98. The summed E-state index contributed by atoms with van der Waals surface area (Å²) < 4.78 is 5.14. The molecule has 1 fully saturated rings. The van der Waals surface area contributed by atoms with E-state index in [1.165, 1.54) is 4.90 Å². The number of hydrogen-bond acceptors (Lipinski definition) is 4. The number of hydrogen-bond donors (Lipinski definition) is 2. The summed E-state index contributed by atoms with van der Waals surface area (Å²) in [5.41, 5.74) is 3.16. The number of imide groups is 1. The van der Waals surface area contributed by atoms with Crippen LogP contribution in [0.4, 0.5) is 16.2 Å². The van der Waals surface area contributed by atoms with Crippen molar-refractivity contribution >= 4 is 40.1 Å². The number of aromatic amines is 1. The standard InChI is InChI=1S/C28H24N4O4/c1-28-24-22(21-5-3-4-6-23(21)30-24)15-16-31(28)27(35)32(26(28)34)19-11-7-17(8-12-19)25(33)29-18-9-13-20(36-2)14-10-18/h3-14,30H,15-16H2,1-2H3,(H,29,33)/t28-/m0/s1. The van der Waals surface area contributed by atoms with Crippen LogP contribution in [0.1, 0.15) is 28.5 Å². The van der Waals surface area contributed by atoms with Crippen molar-refractivity contribution in [1.82, 2.24) is 9.88 Å². The van der Waals surface area contributed by atoms with Crippen LogP contribution in [0.3, 0.4) is 0 Å². The predicted octanol–water partition coefficient (Wildman–Crippen LogP) is 4.67. The van der Waals surface area contributed by atoms with Crippen molar-refractivity contribution in [2.45, 2.75) is 18.9 Å². The van der Waals surface area contributed by atoms with Crippen LogP contribution in [-0.4, -0.2) is 41.4 Å². The van der Waals surface area contributed by atoms with Crippen molar-refractivity contribution in [2.75, 3.05) is 23.9 Å². The van der Waals surface area contributed by atoms with Crippen LogP contribution in [0.5, 0.6) is 5.75 Å².